The summed E-state index contributed by atoms with van der Waals surface area (Å²) in [5.74, 6) is 0.732. The lowest BCUT2D eigenvalue weighted by Crippen LogP contribution is -2.14. The molecule has 2 aromatic carbocycles. The van der Waals surface area contributed by atoms with Crippen LogP contribution in [0.25, 0.3) is 0 Å². The molecule has 0 bridgehead atoms. The highest BCUT2D eigenvalue weighted by Crippen LogP contribution is 2.15. The molecule has 0 atom stereocenters. The monoisotopic (exact) mass is 347 g/mol. The Balaban J connectivity index is 1.94. The Morgan fingerprint density at radius 2 is 1.90 bits per heavy atom. The van der Waals surface area contributed by atoms with Crippen LogP contribution >= 0.6 is 15.9 Å². The van der Waals surface area contributed by atoms with Crippen molar-refractivity contribution >= 4 is 27.5 Å². The van der Waals surface area contributed by atoms with Gasteiger partial charge in [-0.3, -0.25) is 4.79 Å². The summed E-state index contributed by atoms with van der Waals surface area (Å²) < 4.78 is 5.16. The van der Waals surface area contributed by atoms with E-state index >= 15 is 0 Å². The Morgan fingerprint density at radius 3 is 2.57 bits per heavy atom. The summed E-state index contributed by atoms with van der Waals surface area (Å²) in [6.07, 6.45) is 1.32. The fraction of sp³-hybridized carbons (Fsp3) is 0.235. The second kappa shape index (κ2) is 7.84. The number of aryl methyl sites for hydroxylation is 1. The van der Waals surface area contributed by atoms with E-state index in [1.165, 1.54) is 5.56 Å². The average Bonchev–Trinajstić information content (AvgIpc) is 2.49. The van der Waals surface area contributed by atoms with Gasteiger partial charge in [0.1, 0.15) is 5.75 Å². The van der Waals surface area contributed by atoms with Gasteiger partial charge in [0.05, 0.1) is 13.5 Å². The van der Waals surface area contributed by atoms with Gasteiger partial charge in [-0.1, -0.05) is 40.2 Å². The van der Waals surface area contributed by atoms with Gasteiger partial charge >= 0.3 is 0 Å². The van der Waals surface area contributed by atoms with E-state index in [4.69, 9.17) is 4.74 Å². The molecule has 0 fully saturated rings. The predicted octanol–water partition coefficient (Wildman–Crippen LogP) is 3.81. The number of benzene rings is 2. The van der Waals surface area contributed by atoms with Gasteiger partial charge in [0, 0.05) is 11.0 Å². The van der Waals surface area contributed by atoms with E-state index in [0.717, 1.165) is 28.8 Å². The normalized spacial score (nSPS) is 10.2. The number of rotatable bonds is 6. The largest absolute Gasteiger partial charge is 0.497 e. The number of amides is 1. The van der Waals surface area contributed by atoms with Crippen LogP contribution in [0.1, 0.15) is 11.1 Å². The number of carbonyl (C=O) groups excluding carboxylic acids is 1. The Morgan fingerprint density at radius 1 is 1.14 bits per heavy atom. The molecule has 3 nitrogen and oxygen atoms in total. The summed E-state index contributed by atoms with van der Waals surface area (Å²) in [6, 6.07) is 15.5. The van der Waals surface area contributed by atoms with E-state index < -0.39 is 0 Å². The Hall–Kier alpha value is -1.81. The van der Waals surface area contributed by atoms with Crippen molar-refractivity contribution < 1.29 is 9.53 Å². The summed E-state index contributed by atoms with van der Waals surface area (Å²) in [4.78, 5) is 12.0. The molecule has 2 rings (SSSR count). The molecule has 1 amide bonds. The lowest BCUT2D eigenvalue weighted by molar-refractivity contribution is -0.115. The van der Waals surface area contributed by atoms with Crippen LogP contribution in [0.3, 0.4) is 0 Å². The van der Waals surface area contributed by atoms with E-state index in [9.17, 15) is 4.79 Å². The zero-order valence-corrected chi connectivity index (χ0v) is 13.5. The molecule has 0 heterocycles. The second-order valence-electron chi connectivity index (χ2n) is 4.71. The predicted molar refractivity (Wildman–Crippen MR) is 89.3 cm³/mol. The van der Waals surface area contributed by atoms with Gasteiger partial charge in [-0.05, 0) is 41.8 Å². The van der Waals surface area contributed by atoms with Gasteiger partial charge < -0.3 is 10.1 Å². The summed E-state index contributed by atoms with van der Waals surface area (Å²) >= 11 is 3.41. The standard InChI is InChI=1S/C17H18BrNO2/c1-21-16-4-2-3-14(11-16)12-17(20)19-15-7-5-13(6-8-15)9-10-18/h2-8,11H,9-10,12H2,1H3,(H,19,20). The van der Waals surface area contributed by atoms with Crippen molar-refractivity contribution in [3.05, 3.63) is 59.7 Å². The van der Waals surface area contributed by atoms with E-state index in [-0.39, 0.29) is 5.91 Å². The van der Waals surface area contributed by atoms with Crippen molar-refractivity contribution in [1.29, 1.82) is 0 Å². The Labute approximate surface area is 133 Å². The summed E-state index contributed by atoms with van der Waals surface area (Å²) in [5, 5.41) is 3.84. The summed E-state index contributed by atoms with van der Waals surface area (Å²) in [7, 11) is 1.62. The highest BCUT2D eigenvalue weighted by molar-refractivity contribution is 9.09. The maximum atomic E-state index is 12.0. The number of methoxy groups -OCH3 is 1. The van der Waals surface area contributed by atoms with Crippen LogP contribution in [0.15, 0.2) is 48.5 Å². The lowest BCUT2D eigenvalue weighted by Gasteiger charge is -2.07. The number of carbonyl (C=O) groups is 1. The van der Waals surface area contributed by atoms with Gasteiger partial charge in [0.15, 0.2) is 0 Å². The number of alkyl halides is 1. The molecule has 0 unspecified atom stereocenters. The number of hydrogen-bond acceptors (Lipinski definition) is 2. The van der Waals surface area contributed by atoms with Crippen molar-refractivity contribution in [1.82, 2.24) is 0 Å². The fourth-order valence-corrected chi connectivity index (χ4v) is 2.49. The van der Waals surface area contributed by atoms with E-state index in [1.807, 2.05) is 48.5 Å². The third kappa shape index (κ3) is 4.90. The first kappa shape index (κ1) is 15.6. The smallest absolute Gasteiger partial charge is 0.228 e. The molecule has 110 valence electrons. The van der Waals surface area contributed by atoms with Gasteiger partial charge in [0.25, 0.3) is 0 Å². The third-order valence-corrected chi connectivity index (χ3v) is 3.52. The number of nitrogens with one attached hydrogen (secondary N) is 1. The highest BCUT2D eigenvalue weighted by atomic mass is 79.9. The van der Waals surface area contributed by atoms with Crippen molar-refractivity contribution in [3.8, 4) is 5.75 Å². The van der Waals surface area contributed by atoms with Crippen molar-refractivity contribution in [2.75, 3.05) is 17.8 Å². The highest BCUT2D eigenvalue weighted by Gasteiger charge is 2.05. The van der Waals surface area contributed by atoms with E-state index in [0.29, 0.717) is 6.42 Å². The van der Waals surface area contributed by atoms with Gasteiger partial charge in [-0.25, -0.2) is 0 Å². The molecular weight excluding hydrogens is 330 g/mol. The molecule has 0 aromatic heterocycles. The number of ether oxygens (including phenoxy) is 1. The zero-order valence-electron chi connectivity index (χ0n) is 11.9. The van der Waals surface area contributed by atoms with Crippen LogP contribution in [-0.2, 0) is 17.6 Å². The first-order valence-electron chi connectivity index (χ1n) is 6.79. The van der Waals surface area contributed by atoms with Crippen LogP contribution in [-0.4, -0.2) is 18.3 Å². The molecule has 0 aliphatic rings. The Bertz CT molecular complexity index is 596. The molecule has 4 heteroatoms. The molecule has 2 aromatic rings. The van der Waals surface area contributed by atoms with Gasteiger partial charge in [-0.15, -0.1) is 0 Å². The van der Waals surface area contributed by atoms with Gasteiger partial charge in [0.2, 0.25) is 5.91 Å². The second-order valence-corrected chi connectivity index (χ2v) is 5.51. The summed E-state index contributed by atoms with van der Waals surface area (Å²) in [6.45, 7) is 0. The minimum absolute atomic E-state index is 0.0310. The molecule has 0 saturated carbocycles. The molecular formula is C17H18BrNO2. The van der Waals surface area contributed by atoms with Crippen molar-refractivity contribution in [2.45, 2.75) is 12.8 Å². The van der Waals surface area contributed by atoms with Crippen LogP contribution in [0.2, 0.25) is 0 Å². The maximum absolute atomic E-state index is 12.0. The Kier molecular flexibility index (Phi) is 5.81. The first-order valence-corrected chi connectivity index (χ1v) is 7.91. The molecule has 0 spiro atoms. The number of anilines is 1. The third-order valence-electron chi connectivity index (χ3n) is 3.12. The van der Waals surface area contributed by atoms with Crippen LogP contribution in [0.5, 0.6) is 5.75 Å². The van der Waals surface area contributed by atoms with Crippen molar-refractivity contribution in [3.63, 3.8) is 0 Å². The number of hydrogen-bond donors (Lipinski definition) is 1. The quantitative estimate of drug-likeness (QED) is 0.806. The average molecular weight is 348 g/mol. The van der Waals surface area contributed by atoms with Crippen LogP contribution in [0, 0.1) is 0 Å². The lowest BCUT2D eigenvalue weighted by atomic mass is 10.1. The van der Waals surface area contributed by atoms with E-state index in [1.54, 1.807) is 7.11 Å². The molecule has 21 heavy (non-hydrogen) atoms. The number of halogens is 1. The van der Waals surface area contributed by atoms with Crippen molar-refractivity contribution in [2.24, 2.45) is 0 Å². The van der Waals surface area contributed by atoms with Crippen LogP contribution in [0.4, 0.5) is 5.69 Å². The first-order chi connectivity index (χ1) is 10.2. The minimum Gasteiger partial charge on any atom is -0.497 e. The maximum Gasteiger partial charge on any atom is 0.228 e. The van der Waals surface area contributed by atoms with Gasteiger partial charge in [-0.2, -0.15) is 0 Å². The topological polar surface area (TPSA) is 38.3 Å². The molecule has 0 radical (unpaired) electrons. The SMILES string of the molecule is COc1cccc(CC(=O)Nc2ccc(CCBr)cc2)c1. The zero-order chi connectivity index (χ0) is 15.1. The molecule has 0 aliphatic heterocycles. The van der Waals surface area contributed by atoms with E-state index in [2.05, 4.69) is 21.2 Å². The molecule has 0 saturated heterocycles. The minimum atomic E-state index is -0.0310. The molecule has 1 N–H and O–H groups in total. The summed E-state index contributed by atoms with van der Waals surface area (Å²) in [5.41, 5.74) is 3.00. The van der Waals surface area contributed by atoms with Crippen LogP contribution < -0.4 is 10.1 Å². The molecule has 0 aliphatic carbocycles. The fourth-order valence-electron chi connectivity index (χ4n) is 2.04.